The van der Waals surface area contributed by atoms with Crippen LogP contribution in [0.25, 0.3) is 0 Å². The van der Waals surface area contributed by atoms with Gasteiger partial charge in [0.1, 0.15) is 12.4 Å². The molecule has 2 aliphatic rings. The first-order chi connectivity index (χ1) is 14.7. The molecule has 1 aromatic heterocycles. The molecule has 9 heteroatoms. The zero-order valence-corrected chi connectivity index (χ0v) is 20.9. The smallest absolute Gasteiger partial charge is 0.194 e. The predicted octanol–water partition coefficient (Wildman–Crippen LogP) is 2.18. The van der Waals surface area contributed by atoms with Gasteiger partial charge in [0.2, 0.25) is 0 Å². The minimum Gasteiger partial charge on any atom is -0.376 e. The lowest BCUT2D eigenvalue weighted by molar-refractivity contribution is 0.112. The van der Waals surface area contributed by atoms with Crippen LogP contribution in [0.1, 0.15) is 30.1 Å². The molecule has 1 atom stereocenters. The average Bonchev–Trinajstić information content (AvgIpc) is 3.40. The van der Waals surface area contributed by atoms with Gasteiger partial charge in [-0.2, -0.15) is 0 Å². The molecule has 4 rings (SSSR count). The second kappa shape index (κ2) is 11.8. The fourth-order valence-electron chi connectivity index (χ4n) is 3.97. The largest absolute Gasteiger partial charge is 0.376 e. The van der Waals surface area contributed by atoms with E-state index in [0.717, 1.165) is 76.3 Å². The minimum absolute atomic E-state index is 0. The number of aromatic nitrogens is 3. The third kappa shape index (κ3) is 6.63. The molecule has 1 N–H and O–H groups in total. The van der Waals surface area contributed by atoms with Gasteiger partial charge >= 0.3 is 0 Å². The first kappa shape index (κ1) is 23.9. The van der Waals surface area contributed by atoms with Crippen LogP contribution in [0, 0.1) is 6.92 Å². The van der Waals surface area contributed by atoms with E-state index < -0.39 is 0 Å². The van der Waals surface area contributed by atoms with E-state index in [1.165, 1.54) is 5.56 Å². The fraction of sp³-hybridized carbons (Fsp3) is 0.591. The summed E-state index contributed by atoms with van der Waals surface area (Å²) >= 11 is 0. The molecule has 31 heavy (non-hydrogen) atoms. The van der Waals surface area contributed by atoms with E-state index >= 15 is 0 Å². The van der Waals surface area contributed by atoms with E-state index in [1.54, 1.807) is 0 Å². The van der Waals surface area contributed by atoms with Gasteiger partial charge in [0.25, 0.3) is 0 Å². The van der Waals surface area contributed by atoms with Gasteiger partial charge in [0, 0.05) is 52.9 Å². The van der Waals surface area contributed by atoms with E-state index in [2.05, 4.69) is 55.6 Å². The summed E-state index contributed by atoms with van der Waals surface area (Å²) in [5, 5.41) is 12.0. The molecule has 0 amide bonds. The molecule has 2 aromatic rings. The van der Waals surface area contributed by atoms with E-state index in [4.69, 9.17) is 9.73 Å². The second-order valence-corrected chi connectivity index (χ2v) is 8.13. The Morgan fingerprint density at radius 2 is 1.94 bits per heavy atom. The molecule has 0 saturated carbocycles. The summed E-state index contributed by atoms with van der Waals surface area (Å²) in [6, 6.07) is 10.7. The number of rotatable bonds is 6. The molecule has 1 unspecified atom stereocenters. The van der Waals surface area contributed by atoms with Crippen LogP contribution in [0.5, 0.6) is 0 Å². The number of aryl methyl sites for hydroxylation is 1. The van der Waals surface area contributed by atoms with Crippen LogP contribution in [0.4, 0.5) is 0 Å². The Morgan fingerprint density at radius 3 is 2.58 bits per heavy atom. The van der Waals surface area contributed by atoms with E-state index in [1.807, 2.05) is 18.5 Å². The summed E-state index contributed by atoms with van der Waals surface area (Å²) in [4.78, 5) is 9.77. The number of hydrogen-bond donors (Lipinski definition) is 1. The van der Waals surface area contributed by atoms with Crippen molar-refractivity contribution in [1.82, 2.24) is 29.9 Å². The molecule has 2 fully saturated rings. The number of nitrogens with one attached hydrogen (secondary N) is 1. The van der Waals surface area contributed by atoms with Gasteiger partial charge in [-0.15, -0.1) is 34.2 Å². The van der Waals surface area contributed by atoms with Crippen molar-refractivity contribution >= 4 is 29.9 Å². The molecular weight excluding hydrogens is 505 g/mol. The molecule has 2 saturated heterocycles. The van der Waals surface area contributed by atoms with Gasteiger partial charge in [-0.25, -0.2) is 4.99 Å². The lowest BCUT2D eigenvalue weighted by Crippen LogP contribution is -2.53. The van der Waals surface area contributed by atoms with Crippen molar-refractivity contribution < 1.29 is 4.74 Å². The number of halogens is 1. The maximum Gasteiger partial charge on any atom is 0.194 e. The maximum absolute atomic E-state index is 5.79. The molecule has 3 heterocycles. The Balaban J connectivity index is 0.00000272. The summed E-state index contributed by atoms with van der Waals surface area (Å²) in [5.74, 6) is 2.74. The topological polar surface area (TPSA) is 70.8 Å². The highest BCUT2D eigenvalue weighted by Crippen LogP contribution is 2.12. The van der Waals surface area contributed by atoms with Crippen LogP contribution in [-0.4, -0.2) is 76.0 Å². The summed E-state index contributed by atoms with van der Waals surface area (Å²) in [5.41, 5.74) is 1.37. The van der Waals surface area contributed by atoms with Crippen molar-refractivity contribution in [1.29, 1.82) is 0 Å². The number of piperazine rings is 1. The Bertz CT molecular complexity index is 828. The summed E-state index contributed by atoms with van der Waals surface area (Å²) in [6.07, 6.45) is 2.55. The molecule has 0 radical (unpaired) electrons. The quantitative estimate of drug-likeness (QED) is 0.345. The van der Waals surface area contributed by atoms with Crippen LogP contribution < -0.4 is 5.32 Å². The number of hydrogen-bond acceptors (Lipinski definition) is 5. The number of benzene rings is 1. The zero-order valence-electron chi connectivity index (χ0n) is 18.5. The monoisotopic (exact) mass is 539 g/mol. The van der Waals surface area contributed by atoms with Crippen LogP contribution in [0.15, 0.2) is 35.3 Å². The first-order valence-electron chi connectivity index (χ1n) is 10.9. The zero-order chi connectivity index (χ0) is 20.8. The van der Waals surface area contributed by atoms with Crippen molar-refractivity contribution in [2.24, 2.45) is 12.0 Å². The molecular formula is C22H34IN7O. The van der Waals surface area contributed by atoms with Gasteiger partial charge in [-0.1, -0.05) is 30.3 Å². The van der Waals surface area contributed by atoms with Gasteiger partial charge in [0.15, 0.2) is 11.8 Å². The number of guanidine groups is 1. The van der Waals surface area contributed by atoms with E-state index in [0.29, 0.717) is 6.54 Å². The van der Waals surface area contributed by atoms with Gasteiger partial charge < -0.3 is 19.5 Å². The second-order valence-electron chi connectivity index (χ2n) is 8.13. The Labute approximate surface area is 202 Å². The normalized spacial score (nSPS) is 20.0. The van der Waals surface area contributed by atoms with Crippen molar-refractivity contribution in [2.45, 2.75) is 39.0 Å². The fourth-order valence-corrected chi connectivity index (χ4v) is 3.97. The highest BCUT2D eigenvalue weighted by Gasteiger charge is 2.22. The average molecular weight is 539 g/mol. The highest BCUT2D eigenvalue weighted by molar-refractivity contribution is 14.0. The Hall–Kier alpha value is -1.72. The van der Waals surface area contributed by atoms with Crippen molar-refractivity contribution in [3.63, 3.8) is 0 Å². The van der Waals surface area contributed by atoms with E-state index in [9.17, 15) is 0 Å². The molecule has 1 aromatic carbocycles. The highest BCUT2D eigenvalue weighted by atomic mass is 127. The SMILES string of the molecule is Cc1nnc(CN=C(NCC2CCCO2)N2CCN(Cc3ccccc3)CC2)n1C.I. The van der Waals surface area contributed by atoms with Crippen molar-refractivity contribution in [3.8, 4) is 0 Å². The van der Waals surface area contributed by atoms with Crippen molar-refractivity contribution in [2.75, 3.05) is 39.3 Å². The summed E-state index contributed by atoms with van der Waals surface area (Å²) in [6.45, 7) is 9.14. The molecule has 0 aliphatic carbocycles. The predicted molar refractivity (Wildman–Crippen MR) is 133 cm³/mol. The van der Waals surface area contributed by atoms with Crippen LogP contribution in [0.3, 0.4) is 0 Å². The molecule has 0 spiro atoms. The van der Waals surface area contributed by atoms with Gasteiger partial charge in [0.05, 0.1) is 6.10 Å². The lowest BCUT2D eigenvalue weighted by Gasteiger charge is -2.36. The van der Waals surface area contributed by atoms with Gasteiger partial charge in [-0.3, -0.25) is 4.90 Å². The van der Waals surface area contributed by atoms with Crippen LogP contribution >= 0.6 is 24.0 Å². The van der Waals surface area contributed by atoms with Gasteiger partial charge in [-0.05, 0) is 25.3 Å². The first-order valence-corrected chi connectivity index (χ1v) is 10.9. The molecule has 8 nitrogen and oxygen atoms in total. The van der Waals surface area contributed by atoms with E-state index in [-0.39, 0.29) is 30.1 Å². The third-order valence-corrected chi connectivity index (χ3v) is 5.99. The number of nitrogens with zero attached hydrogens (tertiary/aromatic N) is 6. The standard InChI is InChI=1S/C22H33N7O.HI/c1-18-25-26-21(27(18)2)16-24-22(23-15-20-9-6-14-30-20)29-12-10-28(11-13-29)17-19-7-4-3-5-8-19;/h3-5,7-8,20H,6,9-17H2,1-2H3,(H,23,24);1H. The van der Waals surface area contributed by atoms with Crippen molar-refractivity contribution in [3.05, 3.63) is 47.5 Å². The third-order valence-electron chi connectivity index (χ3n) is 5.99. The minimum atomic E-state index is 0. The number of aliphatic imine (C=N–C) groups is 1. The molecule has 2 aliphatic heterocycles. The summed E-state index contributed by atoms with van der Waals surface area (Å²) in [7, 11) is 1.99. The Kier molecular flexibility index (Phi) is 9.09. The Morgan fingerprint density at radius 1 is 1.16 bits per heavy atom. The lowest BCUT2D eigenvalue weighted by atomic mass is 10.2. The number of ether oxygens (including phenoxy) is 1. The summed E-state index contributed by atoms with van der Waals surface area (Å²) < 4.78 is 7.79. The maximum atomic E-state index is 5.79. The van der Waals surface area contributed by atoms with Crippen LogP contribution in [-0.2, 0) is 24.9 Å². The molecule has 0 bridgehead atoms. The molecule has 170 valence electrons. The van der Waals surface area contributed by atoms with Crippen LogP contribution in [0.2, 0.25) is 0 Å².